The largest absolute Gasteiger partial charge is 0.490 e. The van der Waals surface area contributed by atoms with Crippen molar-refractivity contribution in [2.75, 3.05) is 34.5 Å². The molecule has 1 aromatic carbocycles. The lowest BCUT2D eigenvalue weighted by molar-refractivity contribution is -0.302. The summed E-state index contributed by atoms with van der Waals surface area (Å²) in [5.41, 5.74) is 1.98. The molecule has 3 heterocycles. The van der Waals surface area contributed by atoms with Gasteiger partial charge in [-0.25, -0.2) is 9.59 Å². The molecule has 3 fully saturated rings. The van der Waals surface area contributed by atoms with E-state index in [2.05, 4.69) is 40.8 Å². The Hall–Kier alpha value is -3.82. The van der Waals surface area contributed by atoms with Crippen LogP contribution in [0.5, 0.6) is 0 Å². The molecule has 3 aliphatic heterocycles. The summed E-state index contributed by atoms with van der Waals surface area (Å²) in [7, 11) is 1.93. The molecule has 4 aliphatic rings. The Balaban J connectivity index is 1.56. The number of allylic oxidation sites excluding steroid dienone is 3. The fraction of sp³-hybridized carbons (Fsp3) is 0.746. The molecule has 0 radical (unpaired) electrons. The van der Waals surface area contributed by atoms with Crippen LogP contribution in [0.2, 0.25) is 18.1 Å². The van der Waals surface area contributed by atoms with Gasteiger partial charge in [0.25, 0.3) is 11.7 Å². The number of methoxy groups -OCH3 is 3. The highest BCUT2D eigenvalue weighted by Crippen LogP contribution is 2.42. The number of ketones is 2. The third-order valence-corrected chi connectivity index (χ3v) is 21.7. The van der Waals surface area contributed by atoms with Crippen molar-refractivity contribution in [1.82, 2.24) is 4.90 Å². The number of carbonyl (C=O) groups excluding carboxylic acids is 5. The maximum absolute atomic E-state index is 15.0. The van der Waals surface area contributed by atoms with Gasteiger partial charge in [0, 0.05) is 52.0 Å². The highest BCUT2D eigenvalue weighted by Gasteiger charge is 2.57. The Bertz CT molecular complexity index is 2250. The van der Waals surface area contributed by atoms with E-state index in [1.807, 2.05) is 39.8 Å². The highest BCUT2D eigenvalue weighted by atomic mass is 28.4. The third-order valence-electron chi connectivity index (χ3n) is 17.2. The van der Waals surface area contributed by atoms with Crippen LogP contribution >= 0.6 is 0 Å². The van der Waals surface area contributed by atoms with E-state index in [4.69, 9.17) is 37.6 Å². The second-order valence-corrected chi connectivity index (χ2v) is 28.9. The highest BCUT2D eigenvalue weighted by molar-refractivity contribution is 6.74. The van der Waals surface area contributed by atoms with Gasteiger partial charge in [-0.15, -0.1) is 0 Å². The van der Waals surface area contributed by atoms with Gasteiger partial charge < -0.3 is 47.6 Å². The van der Waals surface area contributed by atoms with Gasteiger partial charge in [0.05, 0.1) is 37.1 Å². The van der Waals surface area contributed by atoms with Crippen molar-refractivity contribution in [3.05, 3.63) is 59.2 Å². The Morgan fingerprint density at radius 1 is 0.885 bits per heavy atom. The van der Waals surface area contributed by atoms with Crippen molar-refractivity contribution >= 4 is 37.7 Å². The predicted molar refractivity (Wildman–Crippen MR) is 289 cm³/mol. The van der Waals surface area contributed by atoms with Crippen molar-refractivity contribution in [1.29, 1.82) is 0 Å². The molecule has 78 heavy (non-hydrogen) atoms. The predicted octanol–water partition coefficient (Wildman–Crippen LogP) is 10.4. The smallest absolute Gasteiger partial charge is 0.456 e. The van der Waals surface area contributed by atoms with E-state index in [9.17, 15) is 37.5 Å². The summed E-state index contributed by atoms with van der Waals surface area (Å²) in [5.74, 6) is -10.1. The number of cyclic esters (lactones) is 1. The van der Waals surface area contributed by atoms with Crippen LogP contribution in [0.3, 0.4) is 0 Å². The molecule has 2 saturated heterocycles. The van der Waals surface area contributed by atoms with Crippen LogP contribution in [-0.2, 0) is 61.6 Å². The molecule has 1 amide bonds. The molecule has 15 unspecified atom stereocenters. The minimum Gasteiger partial charge on any atom is -0.456 e. The third kappa shape index (κ3) is 16.2. The number of carbonyl (C=O) groups is 5. The van der Waals surface area contributed by atoms with E-state index in [1.165, 1.54) is 26.2 Å². The molecule has 0 aromatic heterocycles. The molecule has 0 spiro atoms. The number of alkyl halides is 3. The fourth-order valence-corrected chi connectivity index (χ4v) is 12.9. The van der Waals surface area contributed by atoms with Gasteiger partial charge in [-0.1, -0.05) is 96.5 Å². The van der Waals surface area contributed by atoms with E-state index < -0.39 is 117 Å². The minimum atomic E-state index is -5.20. The van der Waals surface area contributed by atoms with Crippen molar-refractivity contribution in [3.8, 4) is 0 Å². The molecule has 1 saturated carbocycles. The topological polar surface area (TPSA) is 183 Å². The van der Waals surface area contributed by atoms with E-state index in [0.29, 0.717) is 62.5 Å². The normalized spacial score (nSPS) is 33.5. The maximum Gasteiger partial charge on any atom is 0.490 e. The molecule has 1 aromatic rings. The first-order chi connectivity index (χ1) is 36.5. The number of Topliss-reactive ketones (excluding diaryl/α,β-unsaturated/α-hetero) is 2. The summed E-state index contributed by atoms with van der Waals surface area (Å²) < 4.78 is 89.3. The fourth-order valence-electron chi connectivity index (χ4n) is 11.5. The zero-order chi connectivity index (χ0) is 58.1. The number of fused-ring (bicyclic) bond motifs is 3. The number of nitrogens with zero attached hydrogens (tertiary/aromatic N) is 1. The Morgan fingerprint density at radius 2 is 1.53 bits per heavy atom. The number of hydrogen-bond acceptors (Lipinski definition) is 14. The van der Waals surface area contributed by atoms with Crippen LogP contribution in [0.4, 0.5) is 13.2 Å². The SMILES string of the molecule is CCC1C=C(C)CC(C)CC(OC)C2OC(O)(C(=O)C(=O)N3CCCCC3C(=O)OC(C(C)=CC3CCC(OCC(OC(=O)C(F)(F)F)c4ccccc4)C(OC)C3)C(C)C(O[Si](C)(C)C(C)(C)C)CC1=O)C(C)CC2OC. The maximum atomic E-state index is 15.0. The standard InChI is InChI=1S/C59H90F3NO14Si/c1-15-41-28-35(2)27-36(3)29-48(71-11)52-49(72-12)31-38(5)58(69,76-52)53(65)54(66)63-26-20-19-23-43(63)55(67)75-51(39(6)46(33-44(41)64)77-78(13,14)57(7,8)9)37(4)30-40-24-25-45(47(32-40)70-10)73-34-50(42-21-17-16-18-22-42)74-56(68)59(60,61)62/h16-18,21-22,28,30,36,38-41,43,45-52,69H,15,19-20,23-27,29,31-34H2,1-14H3. The number of rotatable bonds is 13. The number of piperidine rings is 1. The van der Waals surface area contributed by atoms with Crippen LogP contribution in [0.1, 0.15) is 145 Å². The summed E-state index contributed by atoms with van der Waals surface area (Å²) in [5, 5.41) is 12.0. The van der Waals surface area contributed by atoms with Crippen LogP contribution in [0, 0.1) is 29.6 Å². The van der Waals surface area contributed by atoms with Gasteiger partial charge in [-0.3, -0.25) is 14.4 Å². The monoisotopic (exact) mass is 1120 g/mol. The van der Waals surface area contributed by atoms with Gasteiger partial charge in [-0.05, 0) is 119 Å². The van der Waals surface area contributed by atoms with Crippen LogP contribution in [0.15, 0.2) is 53.6 Å². The van der Waals surface area contributed by atoms with Crippen molar-refractivity contribution in [2.24, 2.45) is 29.6 Å². The number of halogens is 3. The summed E-state index contributed by atoms with van der Waals surface area (Å²) in [4.78, 5) is 72.3. The van der Waals surface area contributed by atoms with Crippen molar-refractivity contribution in [2.45, 2.75) is 218 Å². The van der Waals surface area contributed by atoms with Gasteiger partial charge in [0.2, 0.25) is 5.79 Å². The first kappa shape index (κ1) is 65.0. The summed E-state index contributed by atoms with van der Waals surface area (Å²) in [6, 6.07) is 6.87. The van der Waals surface area contributed by atoms with Crippen LogP contribution in [-0.4, -0.2) is 143 Å². The number of benzene rings is 1. The molecule has 5 rings (SSSR count). The second-order valence-electron chi connectivity index (χ2n) is 24.1. The molecular formula is C59H90F3NO14Si. The summed E-state index contributed by atoms with van der Waals surface area (Å²) in [6.45, 7) is 21.7. The lowest BCUT2D eigenvalue weighted by atomic mass is 9.81. The summed E-state index contributed by atoms with van der Waals surface area (Å²) >= 11 is 0. The average Bonchev–Trinajstić information content (AvgIpc) is 3.39. The van der Waals surface area contributed by atoms with E-state index in [1.54, 1.807) is 37.3 Å². The Morgan fingerprint density at radius 3 is 2.13 bits per heavy atom. The lowest BCUT2D eigenvalue weighted by Gasteiger charge is -2.47. The van der Waals surface area contributed by atoms with Crippen molar-refractivity contribution < 1.29 is 79.8 Å². The molecule has 440 valence electrons. The van der Waals surface area contributed by atoms with Gasteiger partial charge >= 0.3 is 18.1 Å². The summed E-state index contributed by atoms with van der Waals surface area (Å²) in [6.07, 6.45) is -3.16. The van der Waals surface area contributed by atoms with Crippen LogP contribution < -0.4 is 0 Å². The number of esters is 2. The molecule has 2 bridgehead atoms. The van der Waals surface area contributed by atoms with Gasteiger partial charge in [0.15, 0.2) is 14.4 Å². The van der Waals surface area contributed by atoms with E-state index >= 15 is 4.79 Å². The second kappa shape index (κ2) is 27.8. The molecular weight excluding hydrogens is 1030 g/mol. The van der Waals surface area contributed by atoms with E-state index in [-0.39, 0.29) is 55.1 Å². The van der Waals surface area contributed by atoms with Gasteiger partial charge in [-0.2, -0.15) is 13.2 Å². The Labute approximate surface area is 462 Å². The molecule has 19 heteroatoms. The zero-order valence-electron chi connectivity index (χ0n) is 48.7. The first-order valence-corrected chi connectivity index (χ1v) is 31.0. The zero-order valence-corrected chi connectivity index (χ0v) is 49.7. The lowest BCUT2D eigenvalue weighted by Crippen LogP contribution is -2.64. The molecule has 1 aliphatic carbocycles. The average molecular weight is 1120 g/mol. The number of ether oxygens (including phenoxy) is 7. The van der Waals surface area contributed by atoms with Crippen molar-refractivity contribution in [3.63, 3.8) is 0 Å². The van der Waals surface area contributed by atoms with E-state index in [0.717, 1.165) is 5.57 Å². The minimum absolute atomic E-state index is 0.00629. The quantitative estimate of drug-likeness (QED) is 0.0852. The van der Waals surface area contributed by atoms with Crippen LogP contribution in [0.25, 0.3) is 0 Å². The molecule has 1 N–H and O–H groups in total. The molecule has 15 atom stereocenters. The Kier molecular flexibility index (Phi) is 23.1. The number of amides is 1. The first-order valence-electron chi connectivity index (χ1n) is 28.0. The molecule has 15 nitrogen and oxygen atoms in total. The number of aliphatic hydroxyl groups is 1. The number of hydrogen-bond donors (Lipinski definition) is 1. The van der Waals surface area contributed by atoms with Gasteiger partial charge in [0.1, 0.15) is 24.0 Å².